The number of fused-ring (bicyclic) bond motifs is 11. The van der Waals surface area contributed by atoms with E-state index < -0.39 is 0 Å². The number of furan rings is 1. The molecule has 0 saturated heterocycles. The molecule has 3 heterocycles. The summed E-state index contributed by atoms with van der Waals surface area (Å²) in [6.45, 7) is 0. The molecule has 5 heteroatoms. The average Bonchev–Trinajstić information content (AvgIpc) is 3.98. The van der Waals surface area contributed by atoms with Gasteiger partial charge in [-0.3, -0.25) is 0 Å². The van der Waals surface area contributed by atoms with Crippen molar-refractivity contribution in [3.8, 4) is 22.6 Å². The van der Waals surface area contributed by atoms with E-state index in [-0.39, 0.29) is 0 Å². The Kier molecular flexibility index (Phi) is 6.76. The quantitative estimate of drug-likeness (QED) is 0.165. The Morgan fingerprint density at radius 1 is 0.464 bits per heavy atom. The van der Waals surface area contributed by atoms with Crippen molar-refractivity contribution in [2.75, 3.05) is 4.90 Å². The van der Waals surface area contributed by atoms with Gasteiger partial charge in [0, 0.05) is 48.6 Å². The summed E-state index contributed by atoms with van der Waals surface area (Å²) in [7, 11) is 0. The number of hydrogen-bond acceptors (Lipinski definition) is 5. The van der Waals surface area contributed by atoms with Crippen molar-refractivity contribution in [3.05, 3.63) is 182 Å². The van der Waals surface area contributed by atoms with E-state index in [1.165, 1.54) is 20.2 Å². The average molecular weight is 735 g/mol. The molecule has 9 aromatic carbocycles. The van der Waals surface area contributed by atoms with Crippen LogP contribution in [0.2, 0.25) is 0 Å². The van der Waals surface area contributed by atoms with Gasteiger partial charge in [-0.25, -0.2) is 4.98 Å². The van der Waals surface area contributed by atoms with Gasteiger partial charge in [0.1, 0.15) is 16.7 Å². The van der Waals surface area contributed by atoms with E-state index in [4.69, 9.17) is 13.8 Å². The summed E-state index contributed by atoms with van der Waals surface area (Å²) in [6.07, 6.45) is 0. The molecular weight excluding hydrogens is 705 g/mol. The highest BCUT2D eigenvalue weighted by atomic mass is 32.1. The number of nitrogens with zero attached hydrogens (tertiary/aromatic N) is 2. The van der Waals surface area contributed by atoms with Crippen LogP contribution < -0.4 is 4.90 Å². The number of hydrogen-bond donors (Lipinski definition) is 0. The van der Waals surface area contributed by atoms with Crippen LogP contribution in [0.1, 0.15) is 0 Å². The first-order chi connectivity index (χ1) is 27.7. The summed E-state index contributed by atoms with van der Waals surface area (Å²) in [4.78, 5) is 7.34. The molecule has 0 bridgehead atoms. The van der Waals surface area contributed by atoms with Crippen molar-refractivity contribution in [3.63, 3.8) is 0 Å². The molecular formula is C51H30N2O2S. The minimum atomic E-state index is 0.624. The van der Waals surface area contributed by atoms with E-state index in [2.05, 4.69) is 144 Å². The number of thiophene rings is 1. The Bertz CT molecular complexity index is 3490. The van der Waals surface area contributed by atoms with Crippen LogP contribution in [0.15, 0.2) is 191 Å². The van der Waals surface area contributed by atoms with Gasteiger partial charge in [0.15, 0.2) is 5.58 Å². The molecule has 12 aromatic rings. The smallest absolute Gasteiger partial charge is 0.227 e. The van der Waals surface area contributed by atoms with Crippen LogP contribution in [0, 0.1) is 0 Å². The van der Waals surface area contributed by atoms with Gasteiger partial charge in [-0.15, -0.1) is 11.3 Å². The van der Waals surface area contributed by atoms with Crippen molar-refractivity contribution < 1.29 is 8.83 Å². The highest BCUT2D eigenvalue weighted by Crippen LogP contribution is 2.47. The molecule has 0 aliphatic heterocycles. The minimum absolute atomic E-state index is 0.624. The van der Waals surface area contributed by atoms with Gasteiger partial charge >= 0.3 is 0 Å². The van der Waals surface area contributed by atoms with E-state index in [1.807, 2.05) is 53.8 Å². The lowest BCUT2D eigenvalue weighted by atomic mass is 9.98. The van der Waals surface area contributed by atoms with Crippen molar-refractivity contribution in [1.82, 2.24) is 4.98 Å². The molecule has 262 valence electrons. The lowest BCUT2D eigenvalue weighted by Crippen LogP contribution is -2.10. The van der Waals surface area contributed by atoms with E-state index in [1.54, 1.807) is 0 Å². The number of rotatable bonds is 5. The zero-order chi connectivity index (χ0) is 36.7. The van der Waals surface area contributed by atoms with Crippen molar-refractivity contribution in [1.29, 1.82) is 0 Å². The second-order valence-corrected chi connectivity index (χ2v) is 15.3. The van der Waals surface area contributed by atoms with Crippen LogP contribution in [-0.4, -0.2) is 4.98 Å². The van der Waals surface area contributed by atoms with Gasteiger partial charge in [0.05, 0.1) is 10.4 Å². The molecule has 0 aliphatic rings. The predicted octanol–water partition coefficient (Wildman–Crippen LogP) is 15.2. The van der Waals surface area contributed by atoms with E-state index in [9.17, 15) is 0 Å². The number of benzene rings is 9. The van der Waals surface area contributed by atoms with Gasteiger partial charge < -0.3 is 13.7 Å². The van der Waals surface area contributed by atoms with E-state index in [0.717, 1.165) is 88.3 Å². The summed E-state index contributed by atoms with van der Waals surface area (Å²) in [5.74, 6) is 0.624. The Hall–Kier alpha value is -7.21. The number of oxazole rings is 1. The summed E-state index contributed by atoms with van der Waals surface area (Å²) in [6, 6.07) is 64.5. The first-order valence-electron chi connectivity index (χ1n) is 18.8. The third-order valence-electron chi connectivity index (χ3n) is 11.1. The fourth-order valence-electron chi connectivity index (χ4n) is 8.49. The molecule has 0 radical (unpaired) electrons. The summed E-state index contributed by atoms with van der Waals surface area (Å²) >= 11 is 1.84. The molecule has 0 atom stereocenters. The molecule has 0 saturated carbocycles. The summed E-state index contributed by atoms with van der Waals surface area (Å²) < 4.78 is 15.4. The first-order valence-corrected chi connectivity index (χ1v) is 19.6. The Labute approximate surface area is 325 Å². The van der Waals surface area contributed by atoms with Crippen LogP contribution in [-0.2, 0) is 0 Å². The molecule has 0 aliphatic carbocycles. The maximum absolute atomic E-state index is 6.61. The topological polar surface area (TPSA) is 42.4 Å². The largest absolute Gasteiger partial charge is 0.456 e. The fourth-order valence-corrected chi connectivity index (χ4v) is 9.70. The van der Waals surface area contributed by atoms with Gasteiger partial charge in [-0.2, -0.15) is 0 Å². The normalized spacial score (nSPS) is 11.9. The lowest BCUT2D eigenvalue weighted by Gasteiger charge is -2.27. The zero-order valence-corrected chi connectivity index (χ0v) is 30.8. The highest BCUT2D eigenvalue weighted by molar-refractivity contribution is 7.26. The van der Waals surface area contributed by atoms with Gasteiger partial charge in [-0.1, -0.05) is 115 Å². The maximum atomic E-state index is 6.61. The Morgan fingerprint density at radius 3 is 2.09 bits per heavy atom. The summed E-state index contributed by atoms with van der Waals surface area (Å²) in [5, 5.41) is 9.22. The Balaban J connectivity index is 1.08. The maximum Gasteiger partial charge on any atom is 0.227 e. The zero-order valence-electron chi connectivity index (χ0n) is 29.9. The molecule has 0 N–H and O–H groups in total. The van der Waals surface area contributed by atoms with Crippen molar-refractivity contribution >= 4 is 103 Å². The van der Waals surface area contributed by atoms with Crippen LogP contribution in [0.25, 0.3) is 97.3 Å². The van der Waals surface area contributed by atoms with Crippen molar-refractivity contribution in [2.24, 2.45) is 0 Å². The van der Waals surface area contributed by atoms with Crippen molar-refractivity contribution in [2.45, 2.75) is 0 Å². The fraction of sp³-hybridized carbons (Fsp3) is 0. The van der Waals surface area contributed by atoms with Crippen LogP contribution in [0.5, 0.6) is 0 Å². The highest BCUT2D eigenvalue weighted by Gasteiger charge is 2.21. The van der Waals surface area contributed by atoms with Gasteiger partial charge in [0.2, 0.25) is 5.89 Å². The minimum Gasteiger partial charge on any atom is -0.456 e. The number of para-hydroxylation sites is 1. The molecule has 4 nitrogen and oxygen atoms in total. The van der Waals surface area contributed by atoms with Gasteiger partial charge in [0.25, 0.3) is 0 Å². The third kappa shape index (κ3) is 4.75. The Morgan fingerprint density at radius 2 is 1.18 bits per heavy atom. The molecule has 0 fully saturated rings. The molecule has 12 rings (SSSR count). The van der Waals surface area contributed by atoms with E-state index in [0.29, 0.717) is 5.89 Å². The number of aromatic nitrogens is 1. The predicted molar refractivity (Wildman–Crippen MR) is 235 cm³/mol. The van der Waals surface area contributed by atoms with Gasteiger partial charge in [-0.05, 0) is 94.0 Å². The second-order valence-electron chi connectivity index (χ2n) is 14.3. The molecule has 3 aromatic heterocycles. The second kappa shape index (κ2) is 12.2. The molecule has 0 spiro atoms. The summed E-state index contributed by atoms with van der Waals surface area (Å²) in [5.41, 5.74) is 9.95. The third-order valence-corrected chi connectivity index (χ3v) is 12.3. The van der Waals surface area contributed by atoms with E-state index >= 15 is 0 Å². The van der Waals surface area contributed by atoms with Crippen LogP contribution >= 0.6 is 11.3 Å². The van der Waals surface area contributed by atoms with Crippen LogP contribution in [0.4, 0.5) is 17.1 Å². The molecule has 56 heavy (non-hydrogen) atoms. The number of anilines is 3. The first kappa shape index (κ1) is 31.2. The standard InChI is InChI=1S/C51H30N2O2S/c1-2-10-34(11-3-1)51-52-42-29-25-33-21-20-32-24-28-36(30-41(32)47(33)49(42)55-51)53(43-16-8-15-39-38-12-5-7-19-46(38)56-50(39)43)35-26-22-31(23-27-35)37-14-9-18-45-48(37)40-13-4-6-17-44(40)54-45/h1-30H. The molecule has 0 amide bonds. The monoisotopic (exact) mass is 734 g/mol. The molecule has 0 unspecified atom stereocenters. The van der Waals surface area contributed by atoms with Crippen LogP contribution in [0.3, 0.4) is 0 Å². The SMILES string of the molecule is c1ccc(-c2nc3ccc4ccc5ccc(N(c6ccc(-c7cccc8oc9ccccc9c78)cc6)c6cccc7c6sc6ccccc67)cc5c4c3o2)cc1. The lowest BCUT2D eigenvalue weighted by molar-refractivity contribution is 0.623.